The van der Waals surface area contributed by atoms with Crippen LogP contribution >= 0.6 is 15.9 Å². The highest BCUT2D eigenvalue weighted by molar-refractivity contribution is 9.10. The van der Waals surface area contributed by atoms with Crippen molar-refractivity contribution in [3.8, 4) is 17.4 Å². The molecule has 1 aromatic heterocycles. The third-order valence-electron chi connectivity index (χ3n) is 2.49. The van der Waals surface area contributed by atoms with E-state index in [4.69, 9.17) is 9.47 Å². The Bertz CT molecular complexity index is 558. The quantitative estimate of drug-likeness (QED) is 0.797. The van der Waals surface area contributed by atoms with Crippen molar-refractivity contribution in [3.05, 3.63) is 46.6 Å². The fourth-order valence-electron chi connectivity index (χ4n) is 1.57. The van der Waals surface area contributed by atoms with E-state index >= 15 is 0 Å². The van der Waals surface area contributed by atoms with Crippen molar-refractivity contribution in [1.29, 1.82) is 0 Å². The van der Waals surface area contributed by atoms with Crippen LogP contribution in [0.2, 0.25) is 0 Å². The monoisotopic (exact) mass is 321 g/mol. The Morgan fingerprint density at radius 2 is 2.05 bits per heavy atom. The van der Waals surface area contributed by atoms with Crippen LogP contribution < -0.4 is 9.47 Å². The van der Waals surface area contributed by atoms with Gasteiger partial charge >= 0.3 is 0 Å². The van der Waals surface area contributed by atoms with E-state index in [-0.39, 0.29) is 0 Å². The molecule has 0 bridgehead atoms. The van der Waals surface area contributed by atoms with Gasteiger partial charge < -0.3 is 9.47 Å². The average Bonchev–Trinajstić information content (AvgIpc) is 2.41. The van der Waals surface area contributed by atoms with Crippen LogP contribution in [0, 0.1) is 6.92 Å². The lowest BCUT2D eigenvalue weighted by molar-refractivity contribution is 0.298. The first-order chi connectivity index (χ1) is 9.20. The van der Waals surface area contributed by atoms with Gasteiger partial charge in [-0.3, -0.25) is 0 Å². The Balaban J connectivity index is 2.22. The van der Waals surface area contributed by atoms with Crippen LogP contribution in [0.4, 0.5) is 0 Å². The van der Waals surface area contributed by atoms with E-state index in [9.17, 15) is 0 Å². The topological polar surface area (TPSA) is 31.4 Å². The van der Waals surface area contributed by atoms with E-state index in [1.807, 2.05) is 37.3 Å². The molecular weight excluding hydrogens is 306 g/mol. The largest absolute Gasteiger partial charge is 0.488 e. The van der Waals surface area contributed by atoms with Gasteiger partial charge in [0.15, 0.2) is 5.75 Å². The van der Waals surface area contributed by atoms with Gasteiger partial charge in [-0.05, 0) is 59.1 Å². The van der Waals surface area contributed by atoms with Crippen molar-refractivity contribution in [1.82, 2.24) is 4.98 Å². The molecular formula is C15H16BrNO2. The number of hydrogen-bond acceptors (Lipinski definition) is 3. The third kappa shape index (κ3) is 3.70. The summed E-state index contributed by atoms with van der Waals surface area (Å²) in [7, 11) is 0. The zero-order valence-corrected chi connectivity index (χ0v) is 12.6. The fraction of sp³-hybridized carbons (Fsp3) is 0.267. The van der Waals surface area contributed by atoms with E-state index < -0.39 is 0 Å². The molecule has 0 unspecified atom stereocenters. The van der Waals surface area contributed by atoms with Crippen molar-refractivity contribution in [2.24, 2.45) is 0 Å². The van der Waals surface area contributed by atoms with Gasteiger partial charge in [0.25, 0.3) is 5.88 Å². The van der Waals surface area contributed by atoms with Crippen LogP contribution in [-0.4, -0.2) is 11.6 Å². The number of ether oxygens (including phenoxy) is 2. The smallest absolute Gasteiger partial charge is 0.262 e. The Hall–Kier alpha value is -1.55. The molecule has 0 spiro atoms. The number of benzene rings is 1. The standard InChI is InChI=1S/C15H16BrNO2/c1-3-9-18-14-5-4-8-17-15(14)19-13-7-6-11(2)10-12(13)16/h4-8,10H,3,9H2,1-2H3. The second-order valence-corrected chi connectivity index (χ2v) is 5.05. The summed E-state index contributed by atoms with van der Waals surface area (Å²) >= 11 is 3.49. The van der Waals surface area contributed by atoms with Crippen molar-refractivity contribution >= 4 is 15.9 Å². The van der Waals surface area contributed by atoms with Crippen molar-refractivity contribution in [2.75, 3.05) is 6.61 Å². The van der Waals surface area contributed by atoms with Crippen molar-refractivity contribution < 1.29 is 9.47 Å². The summed E-state index contributed by atoms with van der Waals surface area (Å²) in [5, 5.41) is 0. The van der Waals surface area contributed by atoms with E-state index in [1.165, 1.54) is 5.56 Å². The first-order valence-electron chi connectivity index (χ1n) is 6.22. The SMILES string of the molecule is CCCOc1cccnc1Oc1ccc(C)cc1Br. The molecule has 0 fully saturated rings. The lowest BCUT2D eigenvalue weighted by atomic mass is 10.2. The zero-order valence-electron chi connectivity index (χ0n) is 11.0. The highest BCUT2D eigenvalue weighted by Gasteiger charge is 2.09. The number of aryl methyl sites for hydroxylation is 1. The van der Waals surface area contributed by atoms with E-state index in [1.54, 1.807) is 6.20 Å². The summed E-state index contributed by atoms with van der Waals surface area (Å²) in [4.78, 5) is 4.22. The van der Waals surface area contributed by atoms with Crippen molar-refractivity contribution in [3.63, 3.8) is 0 Å². The second kappa shape index (κ2) is 6.57. The van der Waals surface area contributed by atoms with Gasteiger partial charge in [-0.2, -0.15) is 0 Å². The maximum absolute atomic E-state index is 5.81. The van der Waals surface area contributed by atoms with Gasteiger partial charge in [-0.15, -0.1) is 0 Å². The minimum atomic E-state index is 0.487. The maximum atomic E-state index is 5.81. The van der Waals surface area contributed by atoms with Gasteiger partial charge in [-0.1, -0.05) is 13.0 Å². The summed E-state index contributed by atoms with van der Waals surface area (Å²) < 4.78 is 12.3. The number of halogens is 1. The number of rotatable bonds is 5. The van der Waals surface area contributed by atoms with E-state index in [0.717, 1.165) is 16.6 Å². The summed E-state index contributed by atoms with van der Waals surface area (Å²) in [5.74, 6) is 1.88. The van der Waals surface area contributed by atoms with Gasteiger partial charge in [0.05, 0.1) is 11.1 Å². The van der Waals surface area contributed by atoms with Gasteiger partial charge in [0.2, 0.25) is 0 Å². The fourth-order valence-corrected chi connectivity index (χ4v) is 2.14. The number of aromatic nitrogens is 1. The molecule has 0 N–H and O–H groups in total. The van der Waals surface area contributed by atoms with Gasteiger partial charge in [0.1, 0.15) is 5.75 Å². The Morgan fingerprint density at radius 1 is 1.21 bits per heavy atom. The molecule has 0 atom stereocenters. The maximum Gasteiger partial charge on any atom is 0.262 e. The second-order valence-electron chi connectivity index (χ2n) is 4.19. The Kier molecular flexibility index (Phi) is 4.80. The third-order valence-corrected chi connectivity index (χ3v) is 3.11. The normalized spacial score (nSPS) is 10.3. The van der Waals surface area contributed by atoms with Crippen LogP contribution in [0.25, 0.3) is 0 Å². The van der Waals surface area contributed by atoms with Crippen LogP contribution in [0.3, 0.4) is 0 Å². The van der Waals surface area contributed by atoms with Crippen LogP contribution in [0.1, 0.15) is 18.9 Å². The molecule has 4 heteroatoms. The van der Waals surface area contributed by atoms with Crippen LogP contribution in [0.5, 0.6) is 17.4 Å². The molecule has 1 aromatic carbocycles. The van der Waals surface area contributed by atoms with Gasteiger partial charge in [0, 0.05) is 6.20 Å². The Labute approximate surface area is 121 Å². The molecule has 2 aromatic rings. The van der Waals surface area contributed by atoms with E-state index in [2.05, 4.69) is 27.8 Å². The Morgan fingerprint density at radius 3 is 2.79 bits per heavy atom. The zero-order chi connectivity index (χ0) is 13.7. The number of nitrogens with zero attached hydrogens (tertiary/aromatic N) is 1. The molecule has 0 radical (unpaired) electrons. The average molecular weight is 322 g/mol. The van der Waals surface area contributed by atoms with Crippen LogP contribution in [-0.2, 0) is 0 Å². The molecule has 0 amide bonds. The summed E-state index contributed by atoms with van der Waals surface area (Å²) in [6.45, 7) is 4.75. The number of pyridine rings is 1. The molecule has 3 nitrogen and oxygen atoms in total. The molecule has 100 valence electrons. The minimum Gasteiger partial charge on any atom is -0.488 e. The molecule has 19 heavy (non-hydrogen) atoms. The summed E-state index contributed by atoms with van der Waals surface area (Å²) in [6, 6.07) is 9.61. The molecule has 0 aliphatic carbocycles. The predicted octanol–water partition coefficient (Wildman–Crippen LogP) is 4.73. The summed E-state index contributed by atoms with van der Waals surface area (Å²) in [6.07, 6.45) is 2.64. The molecule has 1 heterocycles. The molecule has 0 saturated carbocycles. The highest BCUT2D eigenvalue weighted by Crippen LogP contribution is 2.33. The first kappa shape index (κ1) is 13.9. The lowest BCUT2D eigenvalue weighted by Crippen LogP contribution is -1.99. The molecule has 0 aliphatic heterocycles. The minimum absolute atomic E-state index is 0.487. The van der Waals surface area contributed by atoms with E-state index in [0.29, 0.717) is 18.2 Å². The lowest BCUT2D eigenvalue weighted by Gasteiger charge is -2.11. The first-order valence-corrected chi connectivity index (χ1v) is 7.02. The number of hydrogen-bond donors (Lipinski definition) is 0. The molecule has 0 saturated heterocycles. The van der Waals surface area contributed by atoms with Gasteiger partial charge in [-0.25, -0.2) is 4.98 Å². The highest BCUT2D eigenvalue weighted by atomic mass is 79.9. The summed E-state index contributed by atoms with van der Waals surface area (Å²) in [5.41, 5.74) is 1.17. The van der Waals surface area contributed by atoms with Crippen LogP contribution in [0.15, 0.2) is 41.0 Å². The van der Waals surface area contributed by atoms with Crippen molar-refractivity contribution in [2.45, 2.75) is 20.3 Å². The predicted molar refractivity (Wildman–Crippen MR) is 79.0 cm³/mol. The molecule has 2 rings (SSSR count). The molecule has 0 aliphatic rings.